The van der Waals surface area contributed by atoms with E-state index in [9.17, 15) is 19.7 Å². The van der Waals surface area contributed by atoms with Crippen molar-refractivity contribution in [1.82, 2.24) is 5.43 Å². The van der Waals surface area contributed by atoms with Gasteiger partial charge in [0.2, 0.25) is 0 Å². The highest BCUT2D eigenvalue weighted by Gasteiger charge is 2.15. The van der Waals surface area contributed by atoms with Gasteiger partial charge < -0.3 is 9.47 Å². The fourth-order valence-electron chi connectivity index (χ4n) is 3.31. The summed E-state index contributed by atoms with van der Waals surface area (Å²) >= 11 is 0. The van der Waals surface area contributed by atoms with Gasteiger partial charge in [-0.3, -0.25) is 14.9 Å². The van der Waals surface area contributed by atoms with Crippen molar-refractivity contribution in [3.8, 4) is 11.5 Å². The summed E-state index contributed by atoms with van der Waals surface area (Å²) < 4.78 is 10.9. The zero-order valence-electron chi connectivity index (χ0n) is 18.3. The van der Waals surface area contributed by atoms with Gasteiger partial charge in [-0.2, -0.15) is 5.10 Å². The van der Waals surface area contributed by atoms with Crippen LogP contribution in [0.5, 0.6) is 11.5 Å². The molecule has 0 aromatic heterocycles. The Balaban J connectivity index is 1.50. The second-order valence-corrected chi connectivity index (χ2v) is 7.26. The summed E-state index contributed by atoms with van der Waals surface area (Å²) in [5.74, 6) is -0.910. The topological polar surface area (TPSA) is 120 Å². The lowest BCUT2D eigenvalue weighted by atomic mass is 10.0. The second-order valence-electron chi connectivity index (χ2n) is 7.26. The predicted molar refractivity (Wildman–Crippen MR) is 130 cm³/mol. The predicted octanol–water partition coefficient (Wildman–Crippen LogP) is 4.50. The first-order chi connectivity index (χ1) is 17.0. The highest BCUT2D eigenvalue weighted by molar-refractivity contribution is 6.04. The van der Waals surface area contributed by atoms with Crippen molar-refractivity contribution in [3.05, 3.63) is 112 Å². The number of hydrogen-bond acceptors (Lipinski definition) is 7. The molecule has 0 unspecified atom stereocenters. The van der Waals surface area contributed by atoms with Crippen LogP contribution in [0.1, 0.15) is 15.9 Å². The third-order valence-corrected chi connectivity index (χ3v) is 4.95. The summed E-state index contributed by atoms with van der Waals surface area (Å²) in [6.07, 6.45) is 1.37. The number of rotatable bonds is 8. The highest BCUT2D eigenvalue weighted by atomic mass is 16.6. The van der Waals surface area contributed by atoms with E-state index in [4.69, 9.17) is 9.47 Å². The van der Waals surface area contributed by atoms with Crippen LogP contribution in [-0.2, 0) is 4.79 Å². The van der Waals surface area contributed by atoms with Crippen LogP contribution in [0.4, 0.5) is 5.69 Å². The van der Waals surface area contributed by atoms with E-state index in [1.165, 1.54) is 24.4 Å². The van der Waals surface area contributed by atoms with Crippen LogP contribution in [-0.4, -0.2) is 29.6 Å². The lowest BCUT2D eigenvalue weighted by Crippen LogP contribution is -2.24. The minimum absolute atomic E-state index is 0.0270. The quantitative estimate of drug-likeness (QED) is 0.133. The van der Waals surface area contributed by atoms with Crippen molar-refractivity contribution in [2.45, 2.75) is 0 Å². The zero-order valence-corrected chi connectivity index (χ0v) is 18.3. The average Bonchev–Trinajstić information content (AvgIpc) is 2.89. The molecule has 0 saturated heterocycles. The van der Waals surface area contributed by atoms with Gasteiger partial charge in [-0.25, -0.2) is 10.2 Å². The van der Waals surface area contributed by atoms with Gasteiger partial charge in [-0.1, -0.05) is 60.7 Å². The molecule has 9 nitrogen and oxygen atoms in total. The molecule has 0 aliphatic carbocycles. The fourth-order valence-corrected chi connectivity index (χ4v) is 3.31. The number of carbonyl (C=O) groups excluding carboxylic acids is 2. The van der Waals surface area contributed by atoms with Gasteiger partial charge in [0.25, 0.3) is 5.91 Å². The molecule has 1 amide bonds. The smallest absolute Gasteiger partial charge is 0.343 e. The molecule has 0 saturated carbocycles. The number of nitro groups is 1. The van der Waals surface area contributed by atoms with E-state index < -0.39 is 23.4 Å². The summed E-state index contributed by atoms with van der Waals surface area (Å²) in [5, 5.41) is 16.7. The van der Waals surface area contributed by atoms with Gasteiger partial charge in [-0.05, 0) is 35.0 Å². The minimum Gasteiger partial charge on any atom is -0.477 e. The van der Waals surface area contributed by atoms with Gasteiger partial charge in [0, 0.05) is 11.6 Å². The molecule has 174 valence electrons. The Bertz CT molecular complexity index is 1420. The average molecular weight is 469 g/mol. The summed E-state index contributed by atoms with van der Waals surface area (Å²) in [7, 11) is 0. The Kier molecular flexibility index (Phi) is 7.08. The van der Waals surface area contributed by atoms with E-state index in [1.807, 2.05) is 30.3 Å². The molecule has 0 aliphatic heterocycles. The second kappa shape index (κ2) is 10.7. The van der Waals surface area contributed by atoms with Gasteiger partial charge in [0.05, 0.1) is 16.7 Å². The molecule has 0 radical (unpaired) electrons. The summed E-state index contributed by atoms with van der Waals surface area (Å²) in [4.78, 5) is 35.2. The number of nitrogens with one attached hydrogen (secondary N) is 1. The summed E-state index contributed by atoms with van der Waals surface area (Å²) in [5.41, 5.74) is 2.96. The molecule has 4 rings (SSSR count). The minimum atomic E-state index is -0.623. The Morgan fingerprint density at radius 2 is 1.60 bits per heavy atom. The summed E-state index contributed by atoms with van der Waals surface area (Å²) in [6, 6.07) is 25.2. The van der Waals surface area contributed by atoms with E-state index in [-0.39, 0.29) is 17.2 Å². The van der Waals surface area contributed by atoms with E-state index in [0.717, 1.165) is 10.8 Å². The SMILES string of the molecule is O=C(COc1ccccc1[N+](=O)[O-])N/N=C/c1c(OC(=O)c2ccccc2)ccc2ccccc12. The molecule has 0 fully saturated rings. The first-order valence-electron chi connectivity index (χ1n) is 10.5. The largest absolute Gasteiger partial charge is 0.477 e. The first kappa shape index (κ1) is 23.1. The third kappa shape index (κ3) is 5.66. The van der Waals surface area contributed by atoms with Crippen molar-refractivity contribution >= 4 is 34.6 Å². The van der Waals surface area contributed by atoms with E-state index >= 15 is 0 Å². The number of hydrogen-bond donors (Lipinski definition) is 1. The molecule has 4 aromatic rings. The number of nitrogens with zero attached hydrogens (tertiary/aromatic N) is 2. The molecule has 0 spiro atoms. The molecule has 0 bridgehead atoms. The van der Waals surface area contributed by atoms with Gasteiger partial charge >= 0.3 is 11.7 Å². The van der Waals surface area contributed by atoms with Crippen LogP contribution < -0.4 is 14.9 Å². The zero-order chi connectivity index (χ0) is 24.6. The maximum atomic E-state index is 12.6. The molecule has 0 aliphatic rings. The molecule has 35 heavy (non-hydrogen) atoms. The first-order valence-corrected chi connectivity index (χ1v) is 10.5. The maximum absolute atomic E-state index is 12.6. The fraction of sp³-hybridized carbons (Fsp3) is 0.0385. The number of carbonyl (C=O) groups is 2. The van der Waals surface area contributed by atoms with Crippen LogP contribution >= 0.6 is 0 Å². The van der Waals surface area contributed by atoms with Gasteiger partial charge in [0.1, 0.15) is 5.75 Å². The lowest BCUT2D eigenvalue weighted by molar-refractivity contribution is -0.385. The molecule has 1 N–H and O–H groups in total. The molecule has 9 heteroatoms. The number of para-hydroxylation sites is 2. The Morgan fingerprint density at radius 1 is 0.886 bits per heavy atom. The van der Waals surface area contributed by atoms with Gasteiger partial charge in [0.15, 0.2) is 12.4 Å². The maximum Gasteiger partial charge on any atom is 0.343 e. The van der Waals surface area contributed by atoms with Crippen molar-refractivity contribution in [1.29, 1.82) is 0 Å². The Labute approximate surface area is 199 Å². The van der Waals surface area contributed by atoms with Crippen molar-refractivity contribution < 1.29 is 24.0 Å². The number of fused-ring (bicyclic) bond motifs is 1. The number of ether oxygens (including phenoxy) is 2. The van der Waals surface area contributed by atoms with E-state index in [1.54, 1.807) is 42.5 Å². The highest BCUT2D eigenvalue weighted by Crippen LogP contribution is 2.28. The van der Waals surface area contributed by atoms with Crippen LogP contribution in [0, 0.1) is 10.1 Å². The molecular formula is C26H19N3O6. The number of amides is 1. The number of esters is 1. The number of hydrazone groups is 1. The van der Waals surface area contributed by atoms with Crippen molar-refractivity contribution in [3.63, 3.8) is 0 Å². The Hall–Kier alpha value is -5.05. The van der Waals surface area contributed by atoms with Gasteiger partial charge in [-0.15, -0.1) is 0 Å². The molecule has 0 heterocycles. The normalized spacial score (nSPS) is 10.7. The van der Waals surface area contributed by atoms with Crippen LogP contribution in [0.2, 0.25) is 0 Å². The van der Waals surface area contributed by atoms with Crippen LogP contribution in [0.15, 0.2) is 96.1 Å². The molecular weight excluding hydrogens is 450 g/mol. The molecule has 4 aromatic carbocycles. The summed E-state index contributed by atoms with van der Waals surface area (Å²) in [6.45, 7) is -0.479. The van der Waals surface area contributed by atoms with Crippen LogP contribution in [0.3, 0.4) is 0 Å². The van der Waals surface area contributed by atoms with Crippen molar-refractivity contribution in [2.24, 2.45) is 5.10 Å². The lowest BCUT2D eigenvalue weighted by Gasteiger charge is -2.10. The monoisotopic (exact) mass is 469 g/mol. The number of nitro benzene ring substituents is 1. The number of benzene rings is 4. The van der Waals surface area contributed by atoms with E-state index in [0.29, 0.717) is 11.1 Å². The van der Waals surface area contributed by atoms with Crippen molar-refractivity contribution in [2.75, 3.05) is 6.61 Å². The molecule has 0 atom stereocenters. The van der Waals surface area contributed by atoms with E-state index in [2.05, 4.69) is 10.5 Å². The van der Waals surface area contributed by atoms with Crippen LogP contribution in [0.25, 0.3) is 10.8 Å². The third-order valence-electron chi connectivity index (χ3n) is 4.95. The Morgan fingerprint density at radius 3 is 2.40 bits per heavy atom. The standard InChI is InChI=1S/C26H19N3O6/c30-25(17-34-24-13-7-6-12-22(24)29(32)33)28-27-16-21-20-11-5-4-8-18(20)14-15-23(21)35-26(31)19-9-2-1-3-10-19/h1-16H,17H2,(H,28,30)/b27-16+.